The van der Waals surface area contributed by atoms with Crippen molar-refractivity contribution in [2.24, 2.45) is 5.92 Å². The van der Waals surface area contributed by atoms with Crippen LogP contribution in [0.1, 0.15) is 35.0 Å². The highest BCUT2D eigenvalue weighted by atomic mass is 32.2. The third-order valence-electron chi connectivity index (χ3n) is 4.45. The molecule has 0 unspecified atom stereocenters. The summed E-state index contributed by atoms with van der Waals surface area (Å²) in [6, 6.07) is 10.6. The van der Waals surface area contributed by atoms with E-state index >= 15 is 0 Å². The number of nitrogens with zero attached hydrogens (tertiary/aromatic N) is 1. The average molecular weight is 379 g/mol. The number of benzene rings is 1. The van der Waals surface area contributed by atoms with Gasteiger partial charge in [-0.3, -0.25) is 4.79 Å². The summed E-state index contributed by atoms with van der Waals surface area (Å²) in [6.45, 7) is 5.21. The Bertz CT molecular complexity index is 849. The predicted octanol–water partition coefficient (Wildman–Crippen LogP) is 3.73. The van der Waals surface area contributed by atoms with Crippen molar-refractivity contribution in [3.8, 4) is 0 Å². The summed E-state index contributed by atoms with van der Waals surface area (Å²) < 4.78 is 27.2. The fourth-order valence-electron chi connectivity index (χ4n) is 2.76. The van der Waals surface area contributed by atoms with E-state index in [1.54, 1.807) is 6.07 Å². The molecule has 7 heteroatoms. The molecule has 0 spiro atoms. The van der Waals surface area contributed by atoms with Gasteiger partial charge in [0.25, 0.3) is 15.9 Å². The molecule has 0 saturated carbocycles. The van der Waals surface area contributed by atoms with Crippen molar-refractivity contribution in [1.82, 2.24) is 4.31 Å². The zero-order chi connectivity index (χ0) is 18.0. The fourth-order valence-corrected chi connectivity index (χ4v) is 5.59. The molecule has 1 fully saturated rings. The Labute approximate surface area is 152 Å². The van der Waals surface area contributed by atoms with Crippen LogP contribution in [-0.2, 0) is 10.0 Å². The number of hydrogen-bond acceptors (Lipinski definition) is 4. The molecule has 25 heavy (non-hydrogen) atoms. The van der Waals surface area contributed by atoms with E-state index < -0.39 is 10.0 Å². The first-order valence-corrected chi connectivity index (χ1v) is 10.6. The Morgan fingerprint density at radius 2 is 1.76 bits per heavy atom. The molecule has 0 atom stereocenters. The Balaban J connectivity index is 1.73. The Hall–Kier alpha value is -1.70. The molecule has 3 rings (SSSR count). The quantitative estimate of drug-likeness (QED) is 0.881. The van der Waals surface area contributed by atoms with Gasteiger partial charge in [-0.15, -0.1) is 11.3 Å². The van der Waals surface area contributed by atoms with Gasteiger partial charge < -0.3 is 5.32 Å². The van der Waals surface area contributed by atoms with Gasteiger partial charge in [-0.25, -0.2) is 8.42 Å². The van der Waals surface area contributed by atoms with E-state index in [-0.39, 0.29) is 10.1 Å². The van der Waals surface area contributed by atoms with Crippen molar-refractivity contribution in [3.63, 3.8) is 0 Å². The minimum absolute atomic E-state index is 0.233. The molecule has 1 aromatic heterocycles. The van der Waals surface area contributed by atoms with Crippen molar-refractivity contribution in [1.29, 1.82) is 0 Å². The first kappa shape index (κ1) is 18.1. The predicted molar refractivity (Wildman–Crippen MR) is 101 cm³/mol. The minimum atomic E-state index is -3.50. The lowest BCUT2D eigenvalue weighted by Gasteiger charge is -2.28. The zero-order valence-electron chi connectivity index (χ0n) is 14.4. The first-order valence-electron chi connectivity index (χ1n) is 8.34. The number of thiophene rings is 1. The molecule has 1 aliphatic heterocycles. The van der Waals surface area contributed by atoms with Crippen molar-refractivity contribution in [3.05, 3.63) is 46.8 Å². The molecule has 0 radical (unpaired) electrons. The zero-order valence-corrected chi connectivity index (χ0v) is 16.0. The van der Waals surface area contributed by atoms with E-state index in [0.29, 0.717) is 29.6 Å². The number of amides is 1. The van der Waals surface area contributed by atoms with Crippen LogP contribution in [0.2, 0.25) is 0 Å². The number of hydrogen-bond donors (Lipinski definition) is 1. The number of nitrogens with one attached hydrogen (secondary N) is 1. The Kier molecular flexibility index (Phi) is 5.27. The molecule has 2 aromatic rings. The largest absolute Gasteiger partial charge is 0.321 e. The summed E-state index contributed by atoms with van der Waals surface area (Å²) in [6.07, 6.45) is 1.76. The first-order chi connectivity index (χ1) is 11.9. The monoisotopic (exact) mass is 378 g/mol. The van der Waals surface area contributed by atoms with E-state index in [9.17, 15) is 13.2 Å². The van der Waals surface area contributed by atoms with Crippen LogP contribution >= 0.6 is 11.3 Å². The van der Waals surface area contributed by atoms with Gasteiger partial charge in [0, 0.05) is 18.8 Å². The van der Waals surface area contributed by atoms with Crippen molar-refractivity contribution < 1.29 is 13.2 Å². The van der Waals surface area contributed by atoms with Gasteiger partial charge in [0.1, 0.15) is 4.21 Å². The third kappa shape index (κ3) is 4.11. The number of carbonyl (C=O) groups excluding carboxylic acids is 1. The molecule has 5 nitrogen and oxygen atoms in total. The summed E-state index contributed by atoms with van der Waals surface area (Å²) in [5.74, 6) is 0.271. The number of carbonyl (C=O) groups is 1. The second-order valence-corrected chi connectivity index (χ2v) is 9.77. The Morgan fingerprint density at radius 1 is 1.12 bits per heavy atom. The number of anilines is 1. The molecule has 1 aromatic carbocycles. The van der Waals surface area contributed by atoms with E-state index in [0.717, 1.165) is 29.7 Å². The summed E-state index contributed by atoms with van der Waals surface area (Å²) in [7, 11) is -3.50. The summed E-state index contributed by atoms with van der Waals surface area (Å²) >= 11 is 1.02. The van der Waals surface area contributed by atoms with Gasteiger partial charge in [0.05, 0.1) is 4.88 Å². The van der Waals surface area contributed by atoms with Crippen LogP contribution in [0.4, 0.5) is 5.69 Å². The summed E-state index contributed by atoms with van der Waals surface area (Å²) in [5, 5.41) is 2.80. The van der Waals surface area contributed by atoms with Crippen LogP contribution in [0.3, 0.4) is 0 Å². The maximum absolute atomic E-state index is 12.7. The number of piperidine rings is 1. The van der Waals surface area contributed by atoms with Crippen molar-refractivity contribution in [2.75, 3.05) is 18.4 Å². The van der Waals surface area contributed by atoms with Gasteiger partial charge in [-0.1, -0.05) is 24.6 Å². The van der Waals surface area contributed by atoms with Crippen molar-refractivity contribution >= 4 is 33.0 Å². The van der Waals surface area contributed by atoms with Crippen LogP contribution in [-0.4, -0.2) is 31.7 Å². The second-order valence-electron chi connectivity index (χ2n) is 6.53. The lowest BCUT2D eigenvalue weighted by Crippen LogP contribution is -2.37. The second kappa shape index (κ2) is 7.27. The number of rotatable bonds is 4. The highest BCUT2D eigenvalue weighted by Gasteiger charge is 2.29. The molecule has 1 aliphatic rings. The van der Waals surface area contributed by atoms with Crippen LogP contribution in [0.15, 0.2) is 40.6 Å². The van der Waals surface area contributed by atoms with Crippen LogP contribution < -0.4 is 5.32 Å². The topological polar surface area (TPSA) is 66.5 Å². The van der Waals surface area contributed by atoms with Crippen molar-refractivity contribution in [2.45, 2.75) is 30.9 Å². The highest BCUT2D eigenvalue weighted by Crippen LogP contribution is 2.28. The number of sulfonamides is 1. The third-order valence-corrected chi connectivity index (χ3v) is 7.90. The Morgan fingerprint density at radius 3 is 2.40 bits per heavy atom. The lowest BCUT2D eigenvalue weighted by atomic mass is 10.0. The molecule has 0 aliphatic carbocycles. The van der Waals surface area contributed by atoms with Crippen LogP contribution in [0.25, 0.3) is 0 Å². The normalized spacial score (nSPS) is 16.7. The molecule has 2 heterocycles. The van der Waals surface area contributed by atoms with E-state index in [2.05, 4.69) is 12.2 Å². The summed E-state index contributed by atoms with van der Waals surface area (Å²) in [5.41, 5.74) is 1.80. The fraction of sp³-hybridized carbons (Fsp3) is 0.389. The summed E-state index contributed by atoms with van der Waals surface area (Å²) in [4.78, 5) is 12.7. The van der Waals surface area contributed by atoms with Gasteiger partial charge >= 0.3 is 0 Å². The van der Waals surface area contributed by atoms with Crippen LogP contribution in [0.5, 0.6) is 0 Å². The molecule has 134 valence electrons. The SMILES string of the molecule is Cc1ccc(NC(=O)c2ccc(S(=O)(=O)N3CCC(C)CC3)s2)cc1. The maximum atomic E-state index is 12.7. The van der Waals surface area contributed by atoms with Gasteiger partial charge in [0.2, 0.25) is 0 Å². The molecule has 1 amide bonds. The molecular formula is C18H22N2O3S2. The number of aryl methyl sites for hydroxylation is 1. The van der Waals surface area contributed by atoms with E-state index in [4.69, 9.17) is 0 Å². The lowest BCUT2D eigenvalue weighted by molar-refractivity contribution is 0.103. The maximum Gasteiger partial charge on any atom is 0.265 e. The van der Waals surface area contributed by atoms with Crippen LogP contribution in [0, 0.1) is 12.8 Å². The van der Waals surface area contributed by atoms with E-state index in [1.807, 2.05) is 31.2 Å². The van der Waals surface area contributed by atoms with E-state index in [1.165, 1.54) is 10.4 Å². The molecule has 0 bridgehead atoms. The molecule has 1 saturated heterocycles. The smallest absolute Gasteiger partial charge is 0.265 e. The standard InChI is InChI=1S/C18H22N2O3S2/c1-13-3-5-15(6-4-13)19-18(21)16-7-8-17(24-16)25(22,23)20-11-9-14(2)10-12-20/h3-8,14H,9-12H2,1-2H3,(H,19,21). The van der Waals surface area contributed by atoms with Gasteiger partial charge in [-0.2, -0.15) is 4.31 Å². The average Bonchev–Trinajstić information content (AvgIpc) is 3.08. The molecule has 1 N–H and O–H groups in total. The van der Waals surface area contributed by atoms with Gasteiger partial charge in [0.15, 0.2) is 0 Å². The minimum Gasteiger partial charge on any atom is -0.321 e. The van der Waals surface area contributed by atoms with Gasteiger partial charge in [-0.05, 0) is 49.9 Å². The highest BCUT2D eigenvalue weighted by molar-refractivity contribution is 7.91. The molecular weight excluding hydrogens is 356 g/mol.